The van der Waals surface area contributed by atoms with Gasteiger partial charge in [0.2, 0.25) is 5.91 Å². The molecule has 4 nitrogen and oxygen atoms in total. The van der Waals surface area contributed by atoms with E-state index >= 15 is 0 Å². The molecule has 0 saturated carbocycles. The standard InChI is InChI=1S/C14H16ClN3O/c1-9-6-10(4-5-17-9)14(19)18-12-2-3-13(15)11(7-12)8-16/h2-3,7,9-10,17H,4-6H2,1H3,(H,18,19). The summed E-state index contributed by atoms with van der Waals surface area (Å²) >= 11 is 5.86. The second kappa shape index (κ2) is 6.05. The van der Waals surface area contributed by atoms with Crippen molar-refractivity contribution >= 4 is 23.2 Å². The average molecular weight is 278 g/mol. The van der Waals surface area contributed by atoms with Crippen molar-refractivity contribution in [1.29, 1.82) is 5.26 Å². The van der Waals surface area contributed by atoms with E-state index in [9.17, 15) is 4.79 Å². The molecular formula is C14H16ClN3O. The van der Waals surface area contributed by atoms with Crippen LogP contribution in [0.15, 0.2) is 18.2 Å². The van der Waals surface area contributed by atoms with Gasteiger partial charge in [0.1, 0.15) is 6.07 Å². The van der Waals surface area contributed by atoms with Gasteiger partial charge < -0.3 is 10.6 Å². The molecule has 19 heavy (non-hydrogen) atoms. The van der Waals surface area contributed by atoms with Crippen molar-refractivity contribution in [1.82, 2.24) is 5.32 Å². The number of hydrogen-bond acceptors (Lipinski definition) is 3. The van der Waals surface area contributed by atoms with Gasteiger partial charge in [0, 0.05) is 17.6 Å². The maximum absolute atomic E-state index is 12.1. The van der Waals surface area contributed by atoms with Crippen molar-refractivity contribution in [2.75, 3.05) is 11.9 Å². The van der Waals surface area contributed by atoms with Crippen LogP contribution in [-0.2, 0) is 4.79 Å². The fourth-order valence-corrected chi connectivity index (χ4v) is 2.46. The fourth-order valence-electron chi connectivity index (χ4n) is 2.30. The summed E-state index contributed by atoms with van der Waals surface area (Å²) in [6.07, 6.45) is 1.68. The zero-order valence-electron chi connectivity index (χ0n) is 10.7. The lowest BCUT2D eigenvalue weighted by molar-refractivity contribution is -0.120. The Hall–Kier alpha value is -1.57. The normalized spacial score (nSPS) is 22.6. The van der Waals surface area contributed by atoms with Crippen molar-refractivity contribution in [3.05, 3.63) is 28.8 Å². The molecule has 0 radical (unpaired) electrons. The quantitative estimate of drug-likeness (QED) is 0.873. The van der Waals surface area contributed by atoms with Crippen LogP contribution in [0.4, 0.5) is 5.69 Å². The van der Waals surface area contributed by atoms with Crippen LogP contribution < -0.4 is 10.6 Å². The van der Waals surface area contributed by atoms with Crippen LogP contribution in [0, 0.1) is 17.2 Å². The number of anilines is 1. The van der Waals surface area contributed by atoms with Crippen LogP contribution in [0.5, 0.6) is 0 Å². The molecular weight excluding hydrogens is 262 g/mol. The van der Waals surface area contributed by atoms with Crippen molar-refractivity contribution < 1.29 is 4.79 Å². The average Bonchev–Trinajstić information content (AvgIpc) is 2.41. The largest absolute Gasteiger partial charge is 0.326 e. The maximum Gasteiger partial charge on any atom is 0.227 e. The van der Waals surface area contributed by atoms with E-state index in [1.54, 1.807) is 18.2 Å². The number of rotatable bonds is 2. The zero-order valence-corrected chi connectivity index (χ0v) is 11.5. The molecule has 1 saturated heterocycles. The Bertz CT molecular complexity index is 524. The van der Waals surface area contributed by atoms with E-state index in [2.05, 4.69) is 17.6 Å². The highest BCUT2D eigenvalue weighted by molar-refractivity contribution is 6.31. The Morgan fingerprint density at radius 3 is 3.05 bits per heavy atom. The maximum atomic E-state index is 12.1. The molecule has 1 aromatic carbocycles. The van der Waals surface area contributed by atoms with Gasteiger partial charge in [0.25, 0.3) is 0 Å². The van der Waals surface area contributed by atoms with Crippen molar-refractivity contribution in [2.45, 2.75) is 25.8 Å². The van der Waals surface area contributed by atoms with Crippen LogP contribution in [-0.4, -0.2) is 18.5 Å². The number of nitrogens with one attached hydrogen (secondary N) is 2. The van der Waals surface area contributed by atoms with Crippen LogP contribution >= 0.6 is 11.6 Å². The Morgan fingerprint density at radius 1 is 1.58 bits per heavy atom. The summed E-state index contributed by atoms with van der Waals surface area (Å²) < 4.78 is 0. The fraction of sp³-hybridized carbons (Fsp3) is 0.429. The Morgan fingerprint density at radius 2 is 2.37 bits per heavy atom. The summed E-state index contributed by atoms with van der Waals surface area (Å²) in [7, 11) is 0. The van der Waals surface area contributed by atoms with Gasteiger partial charge in [-0.15, -0.1) is 0 Å². The molecule has 2 rings (SSSR count). The molecule has 0 aromatic heterocycles. The van der Waals surface area contributed by atoms with Gasteiger partial charge in [-0.25, -0.2) is 0 Å². The third-order valence-electron chi connectivity index (χ3n) is 3.35. The predicted octanol–water partition coefficient (Wildman–Crippen LogP) is 2.54. The number of nitriles is 1. The highest BCUT2D eigenvalue weighted by atomic mass is 35.5. The van der Waals surface area contributed by atoms with Gasteiger partial charge >= 0.3 is 0 Å². The van der Waals surface area contributed by atoms with Crippen LogP contribution in [0.2, 0.25) is 5.02 Å². The molecule has 1 fully saturated rings. The first-order valence-electron chi connectivity index (χ1n) is 6.34. The second-order valence-corrected chi connectivity index (χ2v) is 5.28. The zero-order chi connectivity index (χ0) is 13.8. The molecule has 5 heteroatoms. The molecule has 0 spiro atoms. The van der Waals surface area contributed by atoms with Gasteiger partial charge in [0.15, 0.2) is 0 Å². The first kappa shape index (κ1) is 13.9. The molecule has 0 aliphatic carbocycles. The summed E-state index contributed by atoms with van der Waals surface area (Å²) in [4.78, 5) is 12.1. The number of benzene rings is 1. The summed E-state index contributed by atoms with van der Waals surface area (Å²) in [5, 5.41) is 15.5. The number of amides is 1. The SMILES string of the molecule is CC1CC(C(=O)Nc2ccc(Cl)c(C#N)c2)CCN1. The van der Waals surface area contributed by atoms with Crippen LogP contribution in [0.1, 0.15) is 25.3 Å². The lowest BCUT2D eigenvalue weighted by Gasteiger charge is -2.27. The minimum absolute atomic E-state index is 0.0135. The number of nitrogens with zero attached hydrogens (tertiary/aromatic N) is 1. The first-order chi connectivity index (χ1) is 9.10. The van der Waals surface area contributed by atoms with E-state index in [-0.39, 0.29) is 11.8 Å². The third kappa shape index (κ3) is 3.46. The number of piperidine rings is 1. The first-order valence-corrected chi connectivity index (χ1v) is 6.72. The molecule has 2 atom stereocenters. The lowest BCUT2D eigenvalue weighted by atomic mass is 9.92. The topological polar surface area (TPSA) is 64.9 Å². The van der Waals surface area contributed by atoms with E-state index < -0.39 is 0 Å². The monoisotopic (exact) mass is 277 g/mol. The van der Waals surface area contributed by atoms with E-state index in [0.29, 0.717) is 22.3 Å². The third-order valence-corrected chi connectivity index (χ3v) is 3.68. The number of hydrogen-bond donors (Lipinski definition) is 2. The Kier molecular flexibility index (Phi) is 4.41. The van der Waals surface area contributed by atoms with Gasteiger partial charge in [0.05, 0.1) is 10.6 Å². The van der Waals surface area contributed by atoms with E-state index in [1.165, 1.54) is 0 Å². The second-order valence-electron chi connectivity index (χ2n) is 4.87. The number of carbonyl (C=O) groups excluding carboxylic acids is 1. The van der Waals surface area contributed by atoms with E-state index in [4.69, 9.17) is 16.9 Å². The van der Waals surface area contributed by atoms with Crippen LogP contribution in [0.3, 0.4) is 0 Å². The van der Waals surface area contributed by atoms with E-state index in [0.717, 1.165) is 19.4 Å². The summed E-state index contributed by atoms with van der Waals surface area (Å²) in [5.41, 5.74) is 0.996. The van der Waals surface area contributed by atoms with Gasteiger partial charge in [-0.05, 0) is 44.5 Å². The highest BCUT2D eigenvalue weighted by Crippen LogP contribution is 2.22. The number of halogens is 1. The van der Waals surface area contributed by atoms with Crippen LogP contribution in [0.25, 0.3) is 0 Å². The van der Waals surface area contributed by atoms with E-state index in [1.807, 2.05) is 6.07 Å². The highest BCUT2D eigenvalue weighted by Gasteiger charge is 2.24. The van der Waals surface area contributed by atoms with Crippen molar-refractivity contribution in [2.24, 2.45) is 5.92 Å². The lowest BCUT2D eigenvalue weighted by Crippen LogP contribution is -2.40. The molecule has 1 aliphatic rings. The minimum Gasteiger partial charge on any atom is -0.326 e. The Balaban J connectivity index is 2.04. The summed E-state index contributed by atoms with van der Waals surface area (Å²) in [5.74, 6) is 0.0389. The Labute approximate surface area is 117 Å². The molecule has 1 amide bonds. The van der Waals surface area contributed by atoms with Gasteiger partial charge in [-0.2, -0.15) is 5.26 Å². The van der Waals surface area contributed by atoms with Gasteiger partial charge in [-0.1, -0.05) is 11.6 Å². The smallest absolute Gasteiger partial charge is 0.227 e. The molecule has 2 N–H and O–H groups in total. The molecule has 1 aromatic rings. The van der Waals surface area contributed by atoms with Gasteiger partial charge in [-0.3, -0.25) is 4.79 Å². The summed E-state index contributed by atoms with van der Waals surface area (Å²) in [6.45, 7) is 2.94. The van der Waals surface area contributed by atoms with Crippen molar-refractivity contribution in [3.63, 3.8) is 0 Å². The predicted molar refractivity (Wildman–Crippen MR) is 75.0 cm³/mol. The molecule has 2 unspecified atom stereocenters. The number of carbonyl (C=O) groups is 1. The molecule has 0 bridgehead atoms. The molecule has 1 heterocycles. The minimum atomic E-state index is 0.0135. The molecule has 1 aliphatic heterocycles. The summed E-state index contributed by atoms with van der Waals surface area (Å²) in [6, 6.07) is 7.31. The van der Waals surface area contributed by atoms with Crippen molar-refractivity contribution in [3.8, 4) is 6.07 Å². The molecule has 100 valence electrons.